The Morgan fingerprint density at radius 3 is 2.86 bits per heavy atom. The first kappa shape index (κ1) is 19.1. The van der Waals surface area contributed by atoms with Gasteiger partial charge in [0.1, 0.15) is 6.07 Å². The molecule has 1 aromatic carbocycles. The molecule has 2 aromatic heterocycles. The third-order valence-corrected chi connectivity index (χ3v) is 5.47. The van der Waals surface area contributed by atoms with Crippen LogP contribution >= 0.6 is 11.6 Å². The maximum Gasteiger partial charge on any atom is 0.166 e. The van der Waals surface area contributed by atoms with Crippen molar-refractivity contribution >= 4 is 28.8 Å². The maximum atomic E-state index is 14.2. The third kappa shape index (κ3) is 3.59. The predicted octanol–water partition coefficient (Wildman–Crippen LogP) is 4.46. The minimum absolute atomic E-state index is 0.0670. The van der Waals surface area contributed by atoms with Crippen LogP contribution in [0, 0.1) is 31.0 Å². The lowest BCUT2D eigenvalue weighted by Crippen LogP contribution is -2.32. The zero-order chi connectivity index (χ0) is 20.5. The summed E-state index contributed by atoms with van der Waals surface area (Å²) in [5.41, 5.74) is 5.17. The molecule has 0 amide bonds. The van der Waals surface area contributed by atoms with E-state index in [2.05, 4.69) is 31.5 Å². The van der Waals surface area contributed by atoms with Crippen molar-refractivity contribution in [3.8, 4) is 6.07 Å². The van der Waals surface area contributed by atoms with E-state index in [1.807, 2.05) is 19.9 Å². The zero-order valence-corrected chi connectivity index (χ0v) is 16.8. The smallest absolute Gasteiger partial charge is 0.166 e. The van der Waals surface area contributed by atoms with Gasteiger partial charge in [0.2, 0.25) is 0 Å². The first-order valence-electron chi connectivity index (χ1n) is 9.15. The molecule has 0 fully saturated rings. The summed E-state index contributed by atoms with van der Waals surface area (Å²) in [7, 11) is 0. The molecule has 0 spiro atoms. The number of nitrogens with one attached hydrogen (secondary N) is 1. The standard InChI is InChI=1S/C21H18ClFN6/c1-12-13(2)21(28-27-19(12)9-24)29-7-6-17-14(11-29)8-15(10-25-17)26-18-5-3-4-16(22)20(18)23/h3-5,8,10,26H,6-7,11H2,1-2H3. The molecule has 146 valence electrons. The summed E-state index contributed by atoms with van der Waals surface area (Å²) in [5, 5.41) is 20.6. The number of hydrogen-bond donors (Lipinski definition) is 1. The second kappa shape index (κ2) is 7.64. The maximum absolute atomic E-state index is 14.2. The molecule has 0 bridgehead atoms. The third-order valence-electron chi connectivity index (χ3n) is 5.17. The molecule has 1 N–H and O–H groups in total. The molecule has 3 heterocycles. The molecular formula is C21H18ClFN6. The number of rotatable bonds is 3. The number of anilines is 3. The van der Waals surface area contributed by atoms with Crippen molar-refractivity contribution in [2.45, 2.75) is 26.8 Å². The Morgan fingerprint density at radius 1 is 1.24 bits per heavy atom. The van der Waals surface area contributed by atoms with E-state index in [1.165, 1.54) is 6.07 Å². The molecule has 1 aliphatic rings. The average molecular weight is 409 g/mol. The van der Waals surface area contributed by atoms with E-state index in [0.717, 1.165) is 41.2 Å². The van der Waals surface area contributed by atoms with Gasteiger partial charge in [-0.25, -0.2) is 4.39 Å². The van der Waals surface area contributed by atoms with E-state index in [1.54, 1.807) is 18.3 Å². The van der Waals surface area contributed by atoms with Gasteiger partial charge in [-0.1, -0.05) is 17.7 Å². The van der Waals surface area contributed by atoms with Gasteiger partial charge in [-0.05, 0) is 48.7 Å². The fourth-order valence-corrected chi connectivity index (χ4v) is 3.61. The van der Waals surface area contributed by atoms with Crippen LogP contribution in [0.2, 0.25) is 5.02 Å². The molecule has 0 radical (unpaired) electrons. The van der Waals surface area contributed by atoms with Gasteiger partial charge < -0.3 is 10.2 Å². The summed E-state index contributed by atoms with van der Waals surface area (Å²) in [6.07, 6.45) is 2.47. The van der Waals surface area contributed by atoms with E-state index in [4.69, 9.17) is 16.9 Å². The number of hydrogen-bond acceptors (Lipinski definition) is 6. The van der Waals surface area contributed by atoms with E-state index in [9.17, 15) is 4.39 Å². The average Bonchev–Trinajstić information content (AvgIpc) is 2.73. The van der Waals surface area contributed by atoms with Crippen LogP contribution in [0.3, 0.4) is 0 Å². The lowest BCUT2D eigenvalue weighted by Gasteiger charge is -2.30. The molecule has 0 atom stereocenters. The summed E-state index contributed by atoms with van der Waals surface area (Å²) >= 11 is 5.86. The van der Waals surface area contributed by atoms with Gasteiger partial charge in [-0.2, -0.15) is 5.26 Å². The molecule has 29 heavy (non-hydrogen) atoms. The van der Waals surface area contributed by atoms with Crippen LogP contribution in [0.5, 0.6) is 0 Å². The van der Waals surface area contributed by atoms with Gasteiger partial charge in [-0.15, -0.1) is 10.2 Å². The molecule has 1 aliphatic heterocycles. The molecule has 8 heteroatoms. The van der Waals surface area contributed by atoms with Crippen molar-refractivity contribution in [3.05, 3.63) is 69.4 Å². The Morgan fingerprint density at radius 2 is 2.07 bits per heavy atom. The van der Waals surface area contributed by atoms with E-state index in [0.29, 0.717) is 23.6 Å². The molecule has 0 aliphatic carbocycles. The lowest BCUT2D eigenvalue weighted by atomic mass is 10.0. The topological polar surface area (TPSA) is 77.7 Å². The van der Waals surface area contributed by atoms with Crippen LogP contribution in [-0.2, 0) is 13.0 Å². The fraction of sp³-hybridized carbons (Fsp3) is 0.238. The van der Waals surface area contributed by atoms with Crippen LogP contribution in [0.15, 0.2) is 30.5 Å². The Labute approximate surface area is 173 Å². The van der Waals surface area contributed by atoms with Gasteiger partial charge in [0, 0.05) is 25.2 Å². The number of nitriles is 1. The Hall–Kier alpha value is -3.24. The highest BCUT2D eigenvalue weighted by Crippen LogP contribution is 2.29. The highest BCUT2D eigenvalue weighted by molar-refractivity contribution is 6.31. The molecule has 0 saturated carbocycles. The van der Waals surface area contributed by atoms with Crippen molar-refractivity contribution in [1.82, 2.24) is 15.2 Å². The van der Waals surface area contributed by atoms with Gasteiger partial charge >= 0.3 is 0 Å². The minimum Gasteiger partial charge on any atom is -0.352 e. The van der Waals surface area contributed by atoms with Crippen LogP contribution in [0.1, 0.15) is 28.1 Å². The largest absolute Gasteiger partial charge is 0.352 e. The summed E-state index contributed by atoms with van der Waals surface area (Å²) in [4.78, 5) is 6.67. The fourth-order valence-electron chi connectivity index (χ4n) is 3.43. The van der Waals surface area contributed by atoms with Crippen molar-refractivity contribution < 1.29 is 4.39 Å². The number of benzene rings is 1. The molecule has 6 nitrogen and oxygen atoms in total. The normalized spacial score (nSPS) is 13.0. The quantitative estimate of drug-likeness (QED) is 0.689. The monoisotopic (exact) mass is 408 g/mol. The number of pyridine rings is 1. The van der Waals surface area contributed by atoms with E-state index in [-0.39, 0.29) is 5.02 Å². The molecular weight excluding hydrogens is 391 g/mol. The molecule has 0 unspecified atom stereocenters. The highest BCUT2D eigenvalue weighted by atomic mass is 35.5. The highest BCUT2D eigenvalue weighted by Gasteiger charge is 2.22. The van der Waals surface area contributed by atoms with Crippen LogP contribution in [-0.4, -0.2) is 21.7 Å². The van der Waals surface area contributed by atoms with Gasteiger partial charge in [0.25, 0.3) is 0 Å². The van der Waals surface area contributed by atoms with E-state index >= 15 is 0 Å². The van der Waals surface area contributed by atoms with Crippen molar-refractivity contribution in [2.24, 2.45) is 0 Å². The van der Waals surface area contributed by atoms with Crippen molar-refractivity contribution in [1.29, 1.82) is 5.26 Å². The second-order valence-electron chi connectivity index (χ2n) is 6.96. The summed E-state index contributed by atoms with van der Waals surface area (Å²) in [5.74, 6) is 0.277. The second-order valence-corrected chi connectivity index (χ2v) is 7.37. The first-order valence-corrected chi connectivity index (χ1v) is 9.53. The van der Waals surface area contributed by atoms with Gasteiger partial charge in [0.05, 0.1) is 22.6 Å². The number of nitrogens with zero attached hydrogens (tertiary/aromatic N) is 5. The van der Waals surface area contributed by atoms with Crippen LogP contribution in [0.25, 0.3) is 0 Å². The number of aromatic nitrogens is 3. The van der Waals surface area contributed by atoms with E-state index < -0.39 is 5.82 Å². The van der Waals surface area contributed by atoms with Crippen LogP contribution < -0.4 is 10.2 Å². The lowest BCUT2D eigenvalue weighted by molar-refractivity contribution is 0.632. The molecule has 4 rings (SSSR count). The van der Waals surface area contributed by atoms with Crippen molar-refractivity contribution in [3.63, 3.8) is 0 Å². The summed E-state index contributed by atoms with van der Waals surface area (Å²) in [6.45, 7) is 5.20. The SMILES string of the molecule is Cc1c(C#N)nnc(N2CCc3ncc(Nc4cccc(Cl)c4F)cc3C2)c1C. The minimum atomic E-state index is -0.493. The molecule has 0 saturated heterocycles. The number of halogens is 2. The summed E-state index contributed by atoms with van der Waals surface area (Å²) in [6, 6.07) is 8.87. The number of fused-ring (bicyclic) bond motifs is 1. The zero-order valence-electron chi connectivity index (χ0n) is 16.0. The van der Waals surface area contributed by atoms with Crippen molar-refractivity contribution in [2.75, 3.05) is 16.8 Å². The predicted molar refractivity (Wildman–Crippen MR) is 110 cm³/mol. The first-order chi connectivity index (χ1) is 14.0. The molecule has 3 aromatic rings. The Balaban J connectivity index is 1.61. The Kier molecular flexibility index (Phi) is 5.03. The van der Waals surface area contributed by atoms with Crippen LogP contribution in [0.4, 0.5) is 21.6 Å². The van der Waals surface area contributed by atoms with Gasteiger partial charge in [-0.3, -0.25) is 4.98 Å². The Bertz CT molecular complexity index is 1140. The van der Waals surface area contributed by atoms with Gasteiger partial charge in [0.15, 0.2) is 17.3 Å². The summed E-state index contributed by atoms with van der Waals surface area (Å²) < 4.78 is 14.2.